The fraction of sp³-hybridized carbons (Fsp3) is 0.500. The zero-order valence-electron chi connectivity index (χ0n) is 10.4. The maximum Gasteiger partial charge on any atom is 0.220 e. The highest BCUT2D eigenvalue weighted by Gasteiger charge is 2.22. The quantitative estimate of drug-likeness (QED) is 0.856. The summed E-state index contributed by atoms with van der Waals surface area (Å²) < 4.78 is 26.2. The predicted octanol–water partition coefficient (Wildman–Crippen LogP) is 3.33. The molecular formula is C14H17F2NO. The van der Waals surface area contributed by atoms with Gasteiger partial charge in [-0.2, -0.15) is 0 Å². The largest absolute Gasteiger partial charge is 0.349 e. The van der Waals surface area contributed by atoms with Crippen molar-refractivity contribution in [3.63, 3.8) is 0 Å². The monoisotopic (exact) mass is 253 g/mol. The Bertz CT molecular complexity index is 443. The highest BCUT2D eigenvalue weighted by molar-refractivity contribution is 5.76. The Kier molecular flexibility index (Phi) is 3.94. The van der Waals surface area contributed by atoms with Crippen LogP contribution in [0.15, 0.2) is 18.2 Å². The van der Waals surface area contributed by atoms with Crippen LogP contribution in [0.2, 0.25) is 0 Å². The van der Waals surface area contributed by atoms with Gasteiger partial charge >= 0.3 is 0 Å². The number of halogens is 2. The van der Waals surface area contributed by atoms with Crippen molar-refractivity contribution >= 4 is 5.91 Å². The average Bonchev–Trinajstić information content (AvgIpc) is 3.09. The van der Waals surface area contributed by atoms with Crippen LogP contribution in [0, 0.1) is 17.6 Å². The fourth-order valence-electron chi connectivity index (χ4n) is 1.99. The van der Waals surface area contributed by atoms with Crippen LogP contribution in [0.3, 0.4) is 0 Å². The summed E-state index contributed by atoms with van der Waals surface area (Å²) in [6.45, 7) is 1.70. The summed E-state index contributed by atoms with van der Waals surface area (Å²) >= 11 is 0. The normalized spacial score (nSPS) is 16.4. The van der Waals surface area contributed by atoms with Crippen molar-refractivity contribution in [1.82, 2.24) is 5.32 Å². The molecule has 4 heteroatoms. The first kappa shape index (κ1) is 13.0. The van der Waals surface area contributed by atoms with E-state index in [9.17, 15) is 13.6 Å². The topological polar surface area (TPSA) is 29.1 Å². The first-order chi connectivity index (χ1) is 8.56. The van der Waals surface area contributed by atoms with E-state index in [-0.39, 0.29) is 5.91 Å². The third-order valence-corrected chi connectivity index (χ3v) is 3.28. The van der Waals surface area contributed by atoms with E-state index >= 15 is 0 Å². The molecule has 1 aliphatic carbocycles. The van der Waals surface area contributed by atoms with E-state index in [1.54, 1.807) is 6.92 Å². The molecule has 0 aromatic heterocycles. The highest BCUT2D eigenvalue weighted by atomic mass is 19.1. The zero-order valence-corrected chi connectivity index (χ0v) is 10.4. The SMILES string of the molecule is C[C@@H](NC(=O)CCC1CC1)c1ccc(F)cc1F. The summed E-state index contributed by atoms with van der Waals surface area (Å²) in [5.74, 6) is -0.597. The minimum atomic E-state index is -0.620. The number of hydrogen-bond donors (Lipinski definition) is 1. The number of carbonyl (C=O) groups is 1. The number of nitrogens with one attached hydrogen (secondary N) is 1. The molecular weight excluding hydrogens is 236 g/mol. The Morgan fingerprint density at radius 2 is 2.17 bits per heavy atom. The minimum absolute atomic E-state index is 0.0712. The van der Waals surface area contributed by atoms with Gasteiger partial charge in [0.1, 0.15) is 11.6 Å². The van der Waals surface area contributed by atoms with Crippen molar-refractivity contribution in [3.8, 4) is 0 Å². The summed E-state index contributed by atoms with van der Waals surface area (Å²) in [5.41, 5.74) is 0.316. The lowest BCUT2D eigenvalue weighted by Gasteiger charge is -2.15. The predicted molar refractivity (Wildman–Crippen MR) is 64.9 cm³/mol. The summed E-state index contributed by atoms with van der Waals surface area (Å²) in [6, 6.07) is 2.97. The van der Waals surface area contributed by atoms with Crippen molar-refractivity contribution in [2.24, 2.45) is 5.92 Å². The van der Waals surface area contributed by atoms with E-state index in [0.717, 1.165) is 12.5 Å². The number of rotatable bonds is 5. The third kappa shape index (κ3) is 3.52. The van der Waals surface area contributed by atoms with Gasteiger partial charge < -0.3 is 5.32 Å². The standard InChI is InChI=1S/C14H17F2NO/c1-9(12-6-5-11(15)8-13(12)16)17-14(18)7-4-10-2-3-10/h5-6,8-10H,2-4,7H2,1H3,(H,17,18)/t9-/m1/s1. The molecule has 0 saturated heterocycles. The molecule has 0 bridgehead atoms. The molecule has 18 heavy (non-hydrogen) atoms. The Morgan fingerprint density at radius 3 is 2.78 bits per heavy atom. The second kappa shape index (κ2) is 5.46. The average molecular weight is 253 g/mol. The molecule has 98 valence electrons. The van der Waals surface area contributed by atoms with Crippen molar-refractivity contribution in [1.29, 1.82) is 0 Å². The first-order valence-corrected chi connectivity index (χ1v) is 6.30. The molecule has 0 spiro atoms. The van der Waals surface area contributed by atoms with Crippen molar-refractivity contribution < 1.29 is 13.6 Å². The van der Waals surface area contributed by atoms with Crippen LogP contribution in [0.1, 0.15) is 44.2 Å². The smallest absolute Gasteiger partial charge is 0.220 e. The second-order valence-electron chi connectivity index (χ2n) is 4.94. The Labute approximate surface area is 105 Å². The van der Waals surface area contributed by atoms with Crippen LogP contribution in [-0.2, 0) is 4.79 Å². The molecule has 1 aromatic carbocycles. The van der Waals surface area contributed by atoms with Gasteiger partial charge in [-0.05, 0) is 25.3 Å². The molecule has 1 aliphatic rings. The lowest BCUT2D eigenvalue weighted by Crippen LogP contribution is -2.27. The maximum absolute atomic E-state index is 13.5. The molecule has 0 heterocycles. The van der Waals surface area contributed by atoms with Crippen LogP contribution < -0.4 is 5.32 Å². The minimum Gasteiger partial charge on any atom is -0.349 e. The lowest BCUT2D eigenvalue weighted by molar-refractivity contribution is -0.121. The van der Waals surface area contributed by atoms with E-state index < -0.39 is 17.7 Å². The number of amides is 1. The van der Waals surface area contributed by atoms with E-state index in [2.05, 4.69) is 5.32 Å². The van der Waals surface area contributed by atoms with Gasteiger partial charge in [0.2, 0.25) is 5.91 Å². The lowest BCUT2D eigenvalue weighted by atomic mass is 10.1. The summed E-state index contributed by atoms with van der Waals surface area (Å²) in [6.07, 6.45) is 3.83. The number of carbonyl (C=O) groups excluding carboxylic acids is 1. The van der Waals surface area contributed by atoms with Gasteiger partial charge in [-0.3, -0.25) is 4.79 Å². The Hall–Kier alpha value is -1.45. The third-order valence-electron chi connectivity index (χ3n) is 3.28. The van der Waals surface area contributed by atoms with Crippen LogP contribution in [0.25, 0.3) is 0 Å². The van der Waals surface area contributed by atoms with Gasteiger partial charge in [0, 0.05) is 18.1 Å². The van der Waals surface area contributed by atoms with Crippen LogP contribution in [-0.4, -0.2) is 5.91 Å². The van der Waals surface area contributed by atoms with Gasteiger partial charge in [-0.1, -0.05) is 18.9 Å². The van der Waals surface area contributed by atoms with E-state index in [0.29, 0.717) is 17.9 Å². The van der Waals surface area contributed by atoms with Crippen LogP contribution in [0.4, 0.5) is 8.78 Å². The molecule has 1 fully saturated rings. The molecule has 2 rings (SSSR count). The van der Waals surface area contributed by atoms with E-state index in [1.807, 2.05) is 0 Å². The van der Waals surface area contributed by atoms with Crippen LogP contribution in [0.5, 0.6) is 0 Å². The van der Waals surface area contributed by atoms with Gasteiger partial charge in [-0.25, -0.2) is 8.78 Å². The van der Waals surface area contributed by atoms with Gasteiger partial charge in [-0.15, -0.1) is 0 Å². The van der Waals surface area contributed by atoms with Crippen LogP contribution >= 0.6 is 0 Å². The van der Waals surface area contributed by atoms with E-state index in [1.165, 1.54) is 25.0 Å². The van der Waals surface area contributed by atoms with Crippen molar-refractivity contribution in [2.75, 3.05) is 0 Å². The summed E-state index contributed by atoms with van der Waals surface area (Å²) in [7, 11) is 0. The Balaban J connectivity index is 1.89. The highest BCUT2D eigenvalue weighted by Crippen LogP contribution is 2.33. The number of benzene rings is 1. The molecule has 1 saturated carbocycles. The number of hydrogen-bond acceptors (Lipinski definition) is 1. The fourth-order valence-corrected chi connectivity index (χ4v) is 1.99. The van der Waals surface area contributed by atoms with E-state index in [4.69, 9.17) is 0 Å². The summed E-state index contributed by atoms with van der Waals surface area (Å²) in [5, 5.41) is 2.74. The molecule has 1 aromatic rings. The molecule has 0 radical (unpaired) electrons. The van der Waals surface area contributed by atoms with Crippen molar-refractivity contribution in [3.05, 3.63) is 35.4 Å². The van der Waals surface area contributed by atoms with Gasteiger partial charge in [0.05, 0.1) is 6.04 Å². The molecule has 1 amide bonds. The molecule has 1 N–H and O–H groups in total. The van der Waals surface area contributed by atoms with Crippen molar-refractivity contribution in [2.45, 2.75) is 38.6 Å². The zero-order chi connectivity index (χ0) is 13.1. The molecule has 1 atom stereocenters. The molecule has 2 nitrogen and oxygen atoms in total. The first-order valence-electron chi connectivity index (χ1n) is 6.30. The maximum atomic E-state index is 13.5. The molecule has 0 aliphatic heterocycles. The Morgan fingerprint density at radius 1 is 1.44 bits per heavy atom. The second-order valence-corrected chi connectivity index (χ2v) is 4.94. The molecule has 0 unspecified atom stereocenters. The summed E-state index contributed by atoms with van der Waals surface area (Å²) in [4.78, 5) is 11.6. The van der Waals surface area contributed by atoms with Gasteiger partial charge in [0.15, 0.2) is 0 Å². The van der Waals surface area contributed by atoms with Gasteiger partial charge in [0.25, 0.3) is 0 Å².